The molecule has 114 valence electrons. The molecule has 3 nitrogen and oxygen atoms in total. The van der Waals surface area contributed by atoms with Gasteiger partial charge in [-0.3, -0.25) is 4.99 Å². The molecule has 0 rings (SSSR count). The summed E-state index contributed by atoms with van der Waals surface area (Å²) in [5.41, 5.74) is 3.43. The first-order chi connectivity index (χ1) is 9.82. The van der Waals surface area contributed by atoms with Gasteiger partial charge in [0.15, 0.2) is 0 Å². The Labute approximate surface area is 127 Å². The van der Waals surface area contributed by atoms with Gasteiger partial charge in [-0.15, -0.1) is 0 Å². The highest BCUT2D eigenvalue weighted by Gasteiger charge is 2.05. The van der Waals surface area contributed by atoms with Crippen molar-refractivity contribution in [2.75, 3.05) is 0 Å². The number of carboxylic acids is 1. The Bertz CT molecular complexity index is 513. The molecule has 0 aromatic heterocycles. The predicted molar refractivity (Wildman–Crippen MR) is 90.8 cm³/mol. The number of nitrogens with zero attached hydrogens (tertiary/aromatic N) is 1. The van der Waals surface area contributed by atoms with Gasteiger partial charge in [-0.2, -0.15) is 0 Å². The van der Waals surface area contributed by atoms with Crippen molar-refractivity contribution in [2.24, 2.45) is 4.99 Å². The van der Waals surface area contributed by atoms with Crippen molar-refractivity contribution in [1.29, 1.82) is 0 Å². The number of carbonyl (C=O) groups is 1. The number of aliphatic imine (C=N–C) groups is 1. The van der Waals surface area contributed by atoms with E-state index in [0.717, 1.165) is 11.1 Å². The number of hydrogen-bond donors (Lipinski definition) is 1. The molecular formula is C18H25NO2. The smallest absolute Gasteiger partial charge is 0.328 e. The average molecular weight is 287 g/mol. The molecule has 3 heteroatoms. The molecule has 0 aromatic carbocycles. The Kier molecular flexibility index (Phi) is 9.52. The van der Waals surface area contributed by atoms with Crippen molar-refractivity contribution in [3.8, 4) is 0 Å². The van der Waals surface area contributed by atoms with Crippen molar-refractivity contribution in [3.05, 3.63) is 59.3 Å². The Morgan fingerprint density at radius 2 is 1.48 bits per heavy atom. The van der Waals surface area contributed by atoms with Crippen LogP contribution in [0.3, 0.4) is 0 Å². The van der Waals surface area contributed by atoms with E-state index in [1.54, 1.807) is 13.0 Å². The van der Waals surface area contributed by atoms with Crippen LogP contribution in [-0.2, 0) is 4.79 Å². The first kappa shape index (κ1) is 18.8. The van der Waals surface area contributed by atoms with Crippen LogP contribution in [0.2, 0.25) is 0 Å². The van der Waals surface area contributed by atoms with Gasteiger partial charge in [-0.25, -0.2) is 4.79 Å². The van der Waals surface area contributed by atoms with Crippen molar-refractivity contribution in [3.63, 3.8) is 0 Å². The lowest BCUT2D eigenvalue weighted by atomic mass is 10.2. The highest BCUT2D eigenvalue weighted by Crippen LogP contribution is 2.00. The largest absolute Gasteiger partial charge is 0.480 e. The molecule has 0 unspecified atom stereocenters. The van der Waals surface area contributed by atoms with E-state index in [9.17, 15) is 4.79 Å². The second kappa shape index (κ2) is 10.6. The quantitative estimate of drug-likeness (QED) is 0.553. The number of aliphatic carboxylic acids is 1. The molecular weight excluding hydrogens is 262 g/mol. The van der Waals surface area contributed by atoms with Crippen LogP contribution in [0.4, 0.5) is 0 Å². The van der Waals surface area contributed by atoms with Gasteiger partial charge in [0, 0.05) is 6.21 Å². The molecule has 0 fully saturated rings. The van der Waals surface area contributed by atoms with Crippen LogP contribution < -0.4 is 0 Å². The summed E-state index contributed by atoms with van der Waals surface area (Å²) in [4.78, 5) is 14.5. The Balaban J connectivity index is 4.50. The summed E-state index contributed by atoms with van der Waals surface area (Å²) < 4.78 is 0. The molecule has 0 aliphatic carbocycles. The zero-order valence-corrected chi connectivity index (χ0v) is 13.5. The van der Waals surface area contributed by atoms with Crippen molar-refractivity contribution >= 4 is 12.2 Å². The lowest BCUT2D eigenvalue weighted by Gasteiger charge is -1.95. The fraction of sp³-hybridized carbons (Fsp3) is 0.333. The van der Waals surface area contributed by atoms with E-state index < -0.39 is 12.0 Å². The summed E-state index contributed by atoms with van der Waals surface area (Å²) in [6.07, 6.45) is 15.4. The minimum absolute atomic E-state index is 0.708. The minimum Gasteiger partial charge on any atom is -0.480 e. The summed E-state index contributed by atoms with van der Waals surface area (Å²) in [6, 6.07) is -0.708. The lowest BCUT2D eigenvalue weighted by Crippen LogP contribution is -2.12. The maximum absolute atomic E-state index is 10.6. The summed E-state index contributed by atoms with van der Waals surface area (Å²) in [6.45, 7) is 9.64. The summed E-state index contributed by atoms with van der Waals surface area (Å²) in [7, 11) is 0. The normalized spacial score (nSPS) is 15.1. The zero-order chi connectivity index (χ0) is 16.3. The SMILES string of the molecule is CC(C)=CC=CC(C)=CC=CC(C)=CC=N[C@@H](C)C(=O)O. The monoisotopic (exact) mass is 287 g/mol. The maximum Gasteiger partial charge on any atom is 0.328 e. The number of rotatable bonds is 7. The average Bonchev–Trinajstić information content (AvgIpc) is 2.37. The lowest BCUT2D eigenvalue weighted by molar-refractivity contribution is -0.137. The third-order valence-electron chi connectivity index (χ3n) is 2.51. The zero-order valence-electron chi connectivity index (χ0n) is 13.5. The van der Waals surface area contributed by atoms with Crippen LogP contribution in [0.5, 0.6) is 0 Å². The van der Waals surface area contributed by atoms with E-state index in [2.05, 4.69) is 24.9 Å². The second-order valence-corrected chi connectivity index (χ2v) is 5.10. The molecule has 21 heavy (non-hydrogen) atoms. The molecule has 0 amide bonds. The Morgan fingerprint density at radius 3 is 2.00 bits per heavy atom. The standard InChI is InChI=1S/C18H25NO2/c1-14(2)8-6-9-15(3)10-7-11-16(4)12-13-19-17(5)18(20)21/h6-13,17H,1-5H3,(H,20,21)/t17-/m0/s1. The van der Waals surface area contributed by atoms with E-state index >= 15 is 0 Å². The van der Waals surface area contributed by atoms with E-state index in [1.807, 2.05) is 44.2 Å². The van der Waals surface area contributed by atoms with Crippen molar-refractivity contribution in [2.45, 2.75) is 40.7 Å². The third kappa shape index (κ3) is 11.4. The van der Waals surface area contributed by atoms with Crippen LogP contribution >= 0.6 is 0 Å². The van der Waals surface area contributed by atoms with Gasteiger partial charge in [0.05, 0.1) is 0 Å². The topological polar surface area (TPSA) is 49.7 Å². The van der Waals surface area contributed by atoms with Crippen LogP contribution in [0.15, 0.2) is 64.2 Å². The molecule has 0 aliphatic rings. The maximum atomic E-state index is 10.6. The van der Waals surface area contributed by atoms with Gasteiger partial charge in [-0.05, 0) is 46.3 Å². The first-order valence-electron chi connectivity index (χ1n) is 6.92. The van der Waals surface area contributed by atoms with Gasteiger partial charge in [0.2, 0.25) is 0 Å². The molecule has 1 atom stereocenters. The molecule has 0 saturated heterocycles. The molecule has 1 N–H and O–H groups in total. The fourth-order valence-electron chi connectivity index (χ4n) is 1.21. The third-order valence-corrected chi connectivity index (χ3v) is 2.51. The number of hydrogen-bond acceptors (Lipinski definition) is 2. The molecule has 0 radical (unpaired) electrons. The molecule has 0 spiro atoms. The summed E-state index contributed by atoms with van der Waals surface area (Å²) in [5.74, 6) is -0.922. The van der Waals surface area contributed by atoms with Crippen LogP contribution in [0.1, 0.15) is 34.6 Å². The van der Waals surface area contributed by atoms with E-state index in [1.165, 1.54) is 11.8 Å². The predicted octanol–water partition coefficient (Wildman–Crippen LogP) is 4.50. The van der Waals surface area contributed by atoms with Gasteiger partial charge in [0.25, 0.3) is 0 Å². The molecule has 0 heterocycles. The second-order valence-electron chi connectivity index (χ2n) is 5.10. The van der Waals surface area contributed by atoms with E-state index in [0.29, 0.717) is 0 Å². The highest BCUT2D eigenvalue weighted by atomic mass is 16.4. The Hall–Kier alpha value is -2.16. The van der Waals surface area contributed by atoms with Gasteiger partial charge < -0.3 is 5.11 Å². The first-order valence-corrected chi connectivity index (χ1v) is 6.92. The van der Waals surface area contributed by atoms with Gasteiger partial charge in [-0.1, -0.05) is 47.6 Å². The van der Waals surface area contributed by atoms with E-state index in [-0.39, 0.29) is 0 Å². The van der Waals surface area contributed by atoms with Gasteiger partial charge in [0.1, 0.15) is 6.04 Å². The molecule has 0 aliphatic heterocycles. The molecule has 0 saturated carbocycles. The van der Waals surface area contributed by atoms with Crippen molar-refractivity contribution < 1.29 is 9.90 Å². The van der Waals surface area contributed by atoms with E-state index in [4.69, 9.17) is 5.11 Å². The fourth-order valence-corrected chi connectivity index (χ4v) is 1.21. The number of carboxylic acid groups (broad SMARTS) is 1. The highest BCUT2D eigenvalue weighted by molar-refractivity contribution is 5.79. The summed E-state index contributed by atoms with van der Waals surface area (Å²) in [5, 5.41) is 8.69. The van der Waals surface area contributed by atoms with Crippen LogP contribution in [-0.4, -0.2) is 23.3 Å². The van der Waals surface area contributed by atoms with Crippen LogP contribution in [0.25, 0.3) is 0 Å². The van der Waals surface area contributed by atoms with Gasteiger partial charge >= 0.3 is 5.97 Å². The Morgan fingerprint density at radius 1 is 0.952 bits per heavy atom. The van der Waals surface area contributed by atoms with Crippen molar-refractivity contribution in [1.82, 2.24) is 0 Å². The minimum atomic E-state index is -0.922. The molecule has 0 bridgehead atoms. The van der Waals surface area contributed by atoms with Crippen LogP contribution in [0, 0.1) is 0 Å². The number of allylic oxidation sites excluding steroid dienone is 10. The molecule has 0 aromatic rings. The summed E-state index contributed by atoms with van der Waals surface area (Å²) >= 11 is 0.